The van der Waals surface area contributed by atoms with Crippen LogP contribution in [0.15, 0.2) is 55.0 Å². The fourth-order valence-corrected chi connectivity index (χ4v) is 3.43. The van der Waals surface area contributed by atoms with Crippen molar-refractivity contribution in [3.05, 3.63) is 66.4 Å². The Morgan fingerprint density at radius 3 is 2.48 bits per heavy atom. The third-order valence-corrected chi connectivity index (χ3v) is 5.16. The van der Waals surface area contributed by atoms with E-state index in [1.54, 1.807) is 24.7 Å². The molecule has 0 unspecified atom stereocenters. The number of likely N-dealkylation sites (N-methyl/N-ethyl adjacent to an activating group) is 1. The lowest BCUT2D eigenvalue weighted by atomic mass is 10.2. The van der Waals surface area contributed by atoms with Gasteiger partial charge in [0.2, 0.25) is 5.95 Å². The average molecular weight is 393 g/mol. The van der Waals surface area contributed by atoms with Crippen LogP contribution in [-0.2, 0) is 6.42 Å². The van der Waals surface area contributed by atoms with Gasteiger partial charge in [-0.3, -0.25) is 4.98 Å². The number of hydrogen-bond acceptors (Lipinski definition) is 7. The first-order chi connectivity index (χ1) is 14.2. The molecule has 4 rings (SSSR count). The van der Waals surface area contributed by atoms with Crippen LogP contribution in [0.3, 0.4) is 0 Å². The number of rotatable bonds is 6. The van der Waals surface area contributed by atoms with Gasteiger partial charge in [-0.25, -0.2) is 4.39 Å². The zero-order valence-electron chi connectivity index (χ0n) is 16.4. The van der Waals surface area contributed by atoms with E-state index in [0.717, 1.165) is 45.0 Å². The fraction of sp³-hybridized carbons (Fsp3) is 0.333. The summed E-state index contributed by atoms with van der Waals surface area (Å²) in [5.41, 5.74) is 1.88. The number of piperazine rings is 1. The van der Waals surface area contributed by atoms with Gasteiger partial charge in [-0.1, -0.05) is 12.1 Å². The van der Waals surface area contributed by atoms with Crippen molar-refractivity contribution in [2.45, 2.75) is 6.42 Å². The van der Waals surface area contributed by atoms with E-state index in [1.165, 1.54) is 11.6 Å². The van der Waals surface area contributed by atoms with Crippen molar-refractivity contribution in [1.29, 1.82) is 0 Å². The predicted octanol–water partition coefficient (Wildman–Crippen LogP) is 2.41. The molecule has 0 amide bonds. The zero-order valence-corrected chi connectivity index (χ0v) is 16.4. The lowest BCUT2D eigenvalue weighted by Gasteiger charge is -2.36. The maximum atomic E-state index is 14.0. The molecule has 0 N–H and O–H groups in total. The zero-order chi connectivity index (χ0) is 20.1. The normalized spacial score (nSPS) is 14.1. The quantitative estimate of drug-likeness (QED) is 0.637. The van der Waals surface area contributed by atoms with Gasteiger partial charge in [-0.2, -0.15) is 10.1 Å². The molecule has 3 heterocycles. The Labute approximate surface area is 169 Å². The largest absolute Gasteiger partial charge is 0.366 e. The first kappa shape index (κ1) is 19.0. The van der Waals surface area contributed by atoms with Crippen LogP contribution in [-0.4, -0.2) is 59.9 Å². The van der Waals surface area contributed by atoms with Crippen molar-refractivity contribution in [3.8, 4) is 0 Å². The first-order valence-electron chi connectivity index (χ1n) is 9.75. The van der Waals surface area contributed by atoms with Crippen molar-refractivity contribution in [2.24, 2.45) is 0 Å². The molecule has 1 aromatic carbocycles. The Morgan fingerprint density at radius 2 is 1.72 bits per heavy atom. The van der Waals surface area contributed by atoms with Crippen molar-refractivity contribution in [3.63, 3.8) is 0 Å². The van der Waals surface area contributed by atoms with Crippen LogP contribution in [0.5, 0.6) is 0 Å². The summed E-state index contributed by atoms with van der Waals surface area (Å²) in [6, 6.07) is 10.9. The number of para-hydroxylation sites is 1. The number of anilines is 3. The summed E-state index contributed by atoms with van der Waals surface area (Å²) in [5, 5.41) is 8.33. The number of hydrogen-bond donors (Lipinski definition) is 0. The highest BCUT2D eigenvalue weighted by Gasteiger charge is 2.21. The number of nitrogens with zero attached hydrogens (tertiary/aromatic N) is 7. The van der Waals surface area contributed by atoms with Gasteiger partial charge >= 0.3 is 0 Å². The van der Waals surface area contributed by atoms with E-state index in [-0.39, 0.29) is 5.82 Å². The van der Waals surface area contributed by atoms with Crippen molar-refractivity contribution in [2.75, 3.05) is 54.5 Å². The third kappa shape index (κ3) is 4.59. The van der Waals surface area contributed by atoms with Crippen LogP contribution in [0.4, 0.5) is 21.8 Å². The van der Waals surface area contributed by atoms with Crippen molar-refractivity contribution in [1.82, 2.24) is 20.2 Å². The van der Waals surface area contributed by atoms with Crippen LogP contribution in [0.2, 0.25) is 0 Å². The summed E-state index contributed by atoms with van der Waals surface area (Å²) in [6.45, 7) is 3.77. The molecule has 0 atom stereocenters. The lowest BCUT2D eigenvalue weighted by Crippen LogP contribution is -2.47. The molecule has 0 aliphatic carbocycles. The van der Waals surface area contributed by atoms with E-state index in [9.17, 15) is 4.39 Å². The molecule has 7 nitrogen and oxygen atoms in total. The molecule has 0 spiro atoms. The summed E-state index contributed by atoms with van der Waals surface area (Å²) in [5.74, 6) is 1.23. The van der Waals surface area contributed by atoms with E-state index < -0.39 is 0 Å². The van der Waals surface area contributed by atoms with Gasteiger partial charge in [0.1, 0.15) is 5.82 Å². The van der Waals surface area contributed by atoms with Gasteiger partial charge in [0.25, 0.3) is 0 Å². The number of aromatic nitrogens is 4. The summed E-state index contributed by atoms with van der Waals surface area (Å²) in [7, 11) is 1.97. The van der Waals surface area contributed by atoms with Gasteiger partial charge in [0.05, 0.1) is 11.9 Å². The molecule has 1 aliphatic heterocycles. The monoisotopic (exact) mass is 393 g/mol. The summed E-state index contributed by atoms with van der Waals surface area (Å²) >= 11 is 0. The Bertz CT molecular complexity index is 929. The molecular formula is C21H24FN7. The summed E-state index contributed by atoms with van der Waals surface area (Å²) < 4.78 is 14.0. The van der Waals surface area contributed by atoms with Gasteiger partial charge in [-0.05, 0) is 36.2 Å². The molecule has 29 heavy (non-hydrogen) atoms. The van der Waals surface area contributed by atoms with Crippen molar-refractivity contribution < 1.29 is 4.39 Å². The standard InChI is InChI=1S/C21H24FN7/c1-27(11-8-17-6-9-23-10-7-17)21-25-20(16-24-26-21)29-14-12-28(13-15-29)19-5-3-2-4-18(19)22/h2-7,9-10,16H,8,11-15H2,1H3. The molecule has 8 heteroatoms. The molecule has 0 bridgehead atoms. The van der Waals surface area contributed by atoms with E-state index in [1.807, 2.05) is 36.2 Å². The second-order valence-electron chi connectivity index (χ2n) is 7.07. The van der Waals surface area contributed by atoms with E-state index in [4.69, 9.17) is 4.98 Å². The molecule has 1 fully saturated rings. The van der Waals surface area contributed by atoms with Gasteiger partial charge in [-0.15, -0.1) is 5.10 Å². The summed E-state index contributed by atoms with van der Waals surface area (Å²) in [6.07, 6.45) is 6.18. The van der Waals surface area contributed by atoms with Crippen LogP contribution in [0.25, 0.3) is 0 Å². The Morgan fingerprint density at radius 1 is 1.00 bits per heavy atom. The number of benzene rings is 1. The maximum absolute atomic E-state index is 14.0. The lowest BCUT2D eigenvalue weighted by molar-refractivity contribution is 0.595. The fourth-order valence-electron chi connectivity index (χ4n) is 3.43. The molecule has 2 aromatic heterocycles. The van der Waals surface area contributed by atoms with E-state index >= 15 is 0 Å². The molecule has 0 saturated carbocycles. The minimum atomic E-state index is -0.178. The predicted molar refractivity (Wildman–Crippen MR) is 112 cm³/mol. The van der Waals surface area contributed by atoms with Crippen molar-refractivity contribution >= 4 is 17.5 Å². The molecule has 0 radical (unpaired) electrons. The van der Waals surface area contributed by atoms with Crippen LogP contribution < -0.4 is 14.7 Å². The van der Waals surface area contributed by atoms with Crippen LogP contribution in [0, 0.1) is 5.82 Å². The van der Waals surface area contributed by atoms with Crippen LogP contribution in [0.1, 0.15) is 5.56 Å². The Hall–Kier alpha value is -3.29. The minimum absolute atomic E-state index is 0.178. The number of pyridine rings is 1. The number of halogens is 1. The van der Waals surface area contributed by atoms with E-state index in [0.29, 0.717) is 11.6 Å². The Balaban J connectivity index is 1.37. The highest BCUT2D eigenvalue weighted by atomic mass is 19.1. The summed E-state index contributed by atoms with van der Waals surface area (Å²) in [4.78, 5) is 15.0. The molecule has 3 aromatic rings. The maximum Gasteiger partial charge on any atom is 0.247 e. The van der Waals surface area contributed by atoms with E-state index in [2.05, 4.69) is 25.0 Å². The molecule has 150 valence electrons. The molecule has 1 saturated heterocycles. The second-order valence-corrected chi connectivity index (χ2v) is 7.07. The van der Waals surface area contributed by atoms with Crippen LogP contribution >= 0.6 is 0 Å². The highest BCUT2D eigenvalue weighted by Crippen LogP contribution is 2.22. The smallest absolute Gasteiger partial charge is 0.247 e. The topological polar surface area (TPSA) is 61.3 Å². The first-order valence-corrected chi connectivity index (χ1v) is 9.75. The van der Waals surface area contributed by atoms with Gasteiger partial charge in [0.15, 0.2) is 5.82 Å². The third-order valence-electron chi connectivity index (χ3n) is 5.16. The van der Waals surface area contributed by atoms with Gasteiger partial charge < -0.3 is 14.7 Å². The average Bonchev–Trinajstić information content (AvgIpc) is 2.79. The van der Waals surface area contributed by atoms with Gasteiger partial charge in [0, 0.05) is 52.2 Å². The minimum Gasteiger partial charge on any atom is -0.366 e. The highest BCUT2D eigenvalue weighted by molar-refractivity contribution is 5.50. The molecule has 1 aliphatic rings. The second kappa shape index (κ2) is 8.81. The molecular weight excluding hydrogens is 369 g/mol. The SMILES string of the molecule is CN(CCc1ccncc1)c1nncc(N2CCN(c3ccccc3F)CC2)n1. The Kier molecular flexibility index (Phi) is 5.79.